The van der Waals surface area contributed by atoms with Gasteiger partial charge >= 0.3 is 0 Å². The first-order valence-electron chi connectivity index (χ1n) is 9.29. The van der Waals surface area contributed by atoms with Gasteiger partial charge in [0.1, 0.15) is 0 Å². The van der Waals surface area contributed by atoms with E-state index < -0.39 is 5.97 Å². The third-order valence-electron chi connectivity index (χ3n) is 3.86. The zero-order valence-corrected chi connectivity index (χ0v) is 14.5. The summed E-state index contributed by atoms with van der Waals surface area (Å²) in [6.07, 6.45) is 24.9. The van der Waals surface area contributed by atoms with Crippen molar-refractivity contribution in [1.82, 2.24) is 0 Å². The molecule has 0 bridgehead atoms. The second kappa shape index (κ2) is 18.0. The van der Waals surface area contributed by atoms with Gasteiger partial charge in [-0.15, -0.1) is 0 Å². The van der Waals surface area contributed by atoms with E-state index in [4.69, 9.17) is 0 Å². The smallest absolute Gasteiger partial charge is 0.0414 e. The quantitative estimate of drug-likeness (QED) is 0.285. The lowest BCUT2D eigenvalue weighted by Gasteiger charge is -2.02. The Morgan fingerprint density at radius 1 is 0.727 bits per heavy atom. The molecule has 0 radical (unpaired) electrons. The van der Waals surface area contributed by atoms with Gasteiger partial charge in [-0.25, -0.2) is 0 Å². The molecule has 0 aromatic rings. The highest BCUT2D eigenvalue weighted by Crippen LogP contribution is 2.10. The number of carboxylic acids is 1. The average molecular weight is 307 g/mol. The lowest BCUT2D eigenvalue weighted by molar-refractivity contribution is -0.305. The number of allylic oxidation sites excluding steroid dienone is 4. The Bertz CT molecular complexity index is 292. The average Bonchev–Trinajstić information content (AvgIpc) is 2.50. The molecule has 0 aliphatic heterocycles. The Kier molecular flexibility index (Phi) is 17.1. The van der Waals surface area contributed by atoms with Gasteiger partial charge in [-0.2, -0.15) is 0 Å². The molecule has 0 aliphatic rings. The van der Waals surface area contributed by atoms with Gasteiger partial charge in [0.05, 0.1) is 0 Å². The van der Waals surface area contributed by atoms with Crippen LogP contribution in [0.3, 0.4) is 0 Å². The van der Waals surface area contributed by atoms with Crippen LogP contribution in [0.4, 0.5) is 0 Å². The van der Waals surface area contributed by atoms with Crippen LogP contribution >= 0.6 is 0 Å². The Morgan fingerprint density at radius 3 is 1.68 bits per heavy atom. The zero-order valence-electron chi connectivity index (χ0n) is 14.5. The summed E-state index contributed by atoms with van der Waals surface area (Å²) in [5.74, 6) is -0.915. The van der Waals surface area contributed by atoms with Crippen molar-refractivity contribution in [2.45, 2.75) is 96.8 Å². The summed E-state index contributed by atoms with van der Waals surface area (Å²) in [6.45, 7) is 2.25. The third-order valence-corrected chi connectivity index (χ3v) is 3.86. The first-order chi connectivity index (χ1) is 10.8. The lowest BCUT2D eigenvalue weighted by atomic mass is 10.1. The monoisotopic (exact) mass is 307 g/mol. The predicted octanol–water partition coefficient (Wildman–Crippen LogP) is 5.33. The maximum atomic E-state index is 10.2. The van der Waals surface area contributed by atoms with Crippen molar-refractivity contribution in [2.24, 2.45) is 0 Å². The first kappa shape index (κ1) is 20.9. The van der Waals surface area contributed by atoms with E-state index in [1.165, 1.54) is 64.2 Å². The first-order valence-corrected chi connectivity index (χ1v) is 9.29. The van der Waals surface area contributed by atoms with Crippen molar-refractivity contribution in [2.75, 3.05) is 0 Å². The molecule has 0 amide bonds. The van der Waals surface area contributed by atoms with Gasteiger partial charge in [0.2, 0.25) is 0 Å². The van der Waals surface area contributed by atoms with Crippen LogP contribution in [0.2, 0.25) is 0 Å². The van der Waals surface area contributed by atoms with Crippen LogP contribution in [0.1, 0.15) is 96.8 Å². The molecule has 0 heterocycles. The number of hydrogen-bond acceptors (Lipinski definition) is 2. The lowest BCUT2D eigenvalue weighted by Crippen LogP contribution is -2.21. The molecular formula is C20H35O2-. The maximum Gasteiger partial charge on any atom is 0.0414 e. The molecule has 0 aromatic heterocycles. The van der Waals surface area contributed by atoms with Crippen molar-refractivity contribution in [3.8, 4) is 0 Å². The Balaban J connectivity index is 3.17. The third kappa shape index (κ3) is 18.9. The van der Waals surface area contributed by atoms with Gasteiger partial charge in [0, 0.05) is 5.97 Å². The fourth-order valence-electron chi connectivity index (χ4n) is 2.45. The second-order valence-electron chi connectivity index (χ2n) is 6.09. The second-order valence-corrected chi connectivity index (χ2v) is 6.09. The molecule has 0 aromatic carbocycles. The molecule has 0 unspecified atom stereocenters. The zero-order chi connectivity index (χ0) is 16.3. The molecule has 0 rings (SSSR count). The van der Waals surface area contributed by atoms with Crippen LogP contribution in [0.25, 0.3) is 0 Å². The van der Waals surface area contributed by atoms with E-state index in [9.17, 15) is 9.90 Å². The van der Waals surface area contributed by atoms with Crippen LogP contribution in [-0.4, -0.2) is 5.97 Å². The predicted molar refractivity (Wildman–Crippen MR) is 93.6 cm³/mol. The van der Waals surface area contributed by atoms with E-state index in [-0.39, 0.29) is 6.42 Å². The van der Waals surface area contributed by atoms with Gasteiger partial charge in [0.25, 0.3) is 0 Å². The standard InChI is InChI=1S/C20H36O2/c1-2-3-4-5-6-7-8-9-10-11-12-13-14-15-16-17-18-19-20(21)22/h7-10H,2-6,11-19H2,1H3,(H,21,22)/p-1. The highest BCUT2D eigenvalue weighted by molar-refractivity contribution is 5.63. The van der Waals surface area contributed by atoms with E-state index in [2.05, 4.69) is 31.2 Å². The van der Waals surface area contributed by atoms with Crippen LogP contribution in [0.15, 0.2) is 24.3 Å². The highest BCUT2D eigenvalue weighted by Gasteiger charge is 1.92. The van der Waals surface area contributed by atoms with E-state index in [1.807, 2.05) is 0 Å². The van der Waals surface area contributed by atoms with Crippen molar-refractivity contribution in [3.63, 3.8) is 0 Å². The molecule has 0 saturated carbocycles. The summed E-state index contributed by atoms with van der Waals surface area (Å²) in [5.41, 5.74) is 0. The minimum atomic E-state index is -0.915. The van der Waals surface area contributed by atoms with Crippen molar-refractivity contribution >= 4 is 5.97 Å². The van der Waals surface area contributed by atoms with E-state index >= 15 is 0 Å². The summed E-state index contributed by atoms with van der Waals surface area (Å²) >= 11 is 0. The molecule has 2 nitrogen and oxygen atoms in total. The van der Waals surface area contributed by atoms with Crippen molar-refractivity contribution in [3.05, 3.63) is 24.3 Å². The Hall–Kier alpha value is -1.05. The van der Waals surface area contributed by atoms with Crippen LogP contribution in [0.5, 0.6) is 0 Å². The minimum Gasteiger partial charge on any atom is -0.550 e. The van der Waals surface area contributed by atoms with E-state index in [0.717, 1.165) is 19.3 Å². The summed E-state index contributed by atoms with van der Waals surface area (Å²) in [4.78, 5) is 10.2. The van der Waals surface area contributed by atoms with Gasteiger partial charge in [-0.1, -0.05) is 82.6 Å². The molecule has 0 spiro atoms. The summed E-state index contributed by atoms with van der Waals surface area (Å²) in [6, 6.07) is 0. The summed E-state index contributed by atoms with van der Waals surface area (Å²) < 4.78 is 0. The molecule has 0 atom stereocenters. The molecule has 0 aliphatic carbocycles. The maximum absolute atomic E-state index is 10.2. The topological polar surface area (TPSA) is 40.1 Å². The van der Waals surface area contributed by atoms with E-state index in [1.54, 1.807) is 0 Å². The van der Waals surface area contributed by atoms with Gasteiger partial charge < -0.3 is 9.90 Å². The van der Waals surface area contributed by atoms with Crippen molar-refractivity contribution in [1.29, 1.82) is 0 Å². The number of carbonyl (C=O) groups excluding carboxylic acids is 1. The highest BCUT2D eigenvalue weighted by atomic mass is 16.4. The van der Waals surface area contributed by atoms with Gasteiger partial charge in [-0.3, -0.25) is 0 Å². The minimum absolute atomic E-state index is 0.219. The molecule has 22 heavy (non-hydrogen) atoms. The normalized spacial score (nSPS) is 11.7. The number of rotatable bonds is 16. The fraction of sp³-hybridized carbons (Fsp3) is 0.750. The fourth-order valence-corrected chi connectivity index (χ4v) is 2.45. The molecule has 0 N–H and O–H groups in total. The number of carbonyl (C=O) groups is 1. The molecular weight excluding hydrogens is 272 g/mol. The van der Waals surface area contributed by atoms with Gasteiger partial charge in [-0.05, 0) is 38.5 Å². The van der Waals surface area contributed by atoms with Gasteiger partial charge in [0.15, 0.2) is 0 Å². The van der Waals surface area contributed by atoms with Crippen LogP contribution in [-0.2, 0) is 4.79 Å². The molecule has 2 heteroatoms. The Labute approximate surface area is 137 Å². The van der Waals surface area contributed by atoms with Crippen LogP contribution < -0.4 is 5.11 Å². The number of carboxylic acid groups (broad SMARTS) is 1. The SMILES string of the molecule is CCCCCCC=CC=CCCCCCCCCCC(=O)[O-]. The Morgan fingerprint density at radius 2 is 1.18 bits per heavy atom. The number of aliphatic carboxylic acids is 1. The van der Waals surface area contributed by atoms with Crippen molar-refractivity contribution < 1.29 is 9.90 Å². The molecule has 0 saturated heterocycles. The molecule has 128 valence electrons. The number of unbranched alkanes of at least 4 members (excludes halogenated alkanes) is 11. The summed E-state index contributed by atoms with van der Waals surface area (Å²) in [7, 11) is 0. The van der Waals surface area contributed by atoms with Crippen LogP contribution in [0, 0.1) is 0 Å². The molecule has 0 fully saturated rings. The van der Waals surface area contributed by atoms with E-state index in [0.29, 0.717) is 0 Å². The largest absolute Gasteiger partial charge is 0.550 e. The summed E-state index contributed by atoms with van der Waals surface area (Å²) in [5, 5.41) is 10.2. The number of hydrogen-bond donors (Lipinski definition) is 0.